The molecule has 1 saturated heterocycles. The lowest BCUT2D eigenvalue weighted by atomic mass is 9.98. The zero-order chi connectivity index (χ0) is 21.2. The van der Waals surface area contributed by atoms with E-state index < -0.39 is 10.0 Å². The lowest BCUT2D eigenvalue weighted by Crippen LogP contribution is -2.40. The van der Waals surface area contributed by atoms with Gasteiger partial charge in [0.2, 0.25) is 10.0 Å². The van der Waals surface area contributed by atoms with Gasteiger partial charge < -0.3 is 10.6 Å². The molecule has 0 radical (unpaired) electrons. The van der Waals surface area contributed by atoms with Gasteiger partial charge >= 0.3 is 0 Å². The van der Waals surface area contributed by atoms with Crippen LogP contribution in [0.15, 0.2) is 58.7 Å². The molecule has 1 aromatic heterocycles. The van der Waals surface area contributed by atoms with E-state index in [0.717, 1.165) is 44.9 Å². The third-order valence-corrected chi connectivity index (χ3v) is 7.13. The predicted molar refractivity (Wildman–Crippen MR) is 134 cm³/mol. The van der Waals surface area contributed by atoms with Crippen LogP contribution in [0.5, 0.6) is 0 Å². The summed E-state index contributed by atoms with van der Waals surface area (Å²) in [7, 11) is -3.39. The van der Waals surface area contributed by atoms with Gasteiger partial charge in [0.1, 0.15) is 0 Å². The SMILES string of the molecule is CCNC(=NCC1CCN(S(=O)(=O)c2ccccc2)CC1)NCCCn1cccn1.I. The largest absolute Gasteiger partial charge is 0.357 e. The second-order valence-electron chi connectivity index (χ2n) is 7.43. The van der Waals surface area contributed by atoms with Crippen LogP contribution in [0.1, 0.15) is 26.2 Å². The van der Waals surface area contributed by atoms with Gasteiger partial charge in [-0.15, -0.1) is 24.0 Å². The lowest BCUT2D eigenvalue weighted by Gasteiger charge is -2.30. The molecule has 2 heterocycles. The van der Waals surface area contributed by atoms with E-state index in [1.165, 1.54) is 0 Å². The molecule has 1 aliphatic rings. The number of sulfonamides is 1. The van der Waals surface area contributed by atoms with E-state index in [9.17, 15) is 8.42 Å². The Bertz CT molecular complexity index is 882. The van der Waals surface area contributed by atoms with Gasteiger partial charge in [0, 0.05) is 51.7 Å². The van der Waals surface area contributed by atoms with E-state index in [0.29, 0.717) is 30.4 Å². The Morgan fingerprint density at radius 3 is 2.55 bits per heavy atom. The molecule has 0 saturated carbocycles. The zero-order valence-electron chi connectivity index (χ0n) is 18.0. The summed E-state index contributed by atoms with van der Waals surface area (Å²) in [6, 6.07) is 10.6. The summed E-state index contributed by atoms with van der Waals surface area (Å²) < 4.78 is 29.0. The molecule has 0 unspecified atom stereocenters. The summed E-state index contributed by atoms with van der Waals surface area (Å²) in [5.41, 5.74) is 0. The number of aryl methyl sites for hydroxylation is 1. The van der Waals surface area contributed by atoms with Gasteiger partial charge in [0.15, 0.2) is 5.96 Å². The molecule has 1 aromatic carbocycles. The van der Waals surface area contributed by atoms with Crippen LogP contribution >= 0.6 is 24.0 Å². The first kappa shape index (κ1) is 25.6. The molecular weight excluding hydrogens is 527 g/mol. The highest BCUT2D eigenvalue weighted by molar-refractivity contribution is 14.0. The Kier molecular flexibility index (Phi) is 10.7. The van der Waals surface area contributed by atoms with Gasteiger partial charge in [-0.05, 0) is 50.3 Å². The number of hydrogen-bond acceptors (Lipinski definition) is 4. The number of rotatable bonds is 9. The van der Waals surface area contributed by atoms with Crippen LogP contribution in [-0.4, -0.2) is 61.2 Å². The number of guanidine groups is 1. The van der Waals surface area contributed by atoms with Crippen LogP contribution in [0.3, 0.4) is 0 Å². The molecule has 2 aromatic rings. The van der Waals surface area contributed by atoms with Crippen molar-refractivity contribution in [1.82, 2.24) is 24.7 Å². The number of piperidine rings is 1. The molecule has 172 valence electrons. The maximum absolute atomic E-state index is 12.7. The Hall–Kier alpha value is -1.66. The summed E-state index contributed by atoms with van der Waals surface area (Å²) >= 11 is 0. The van der Waals surface area contributed by atoms with Crippen molar-refractivity contribution >= 4 is 40.0 Å². The van der Waals surface area contributed by atoms with E-state index >= 15 is 0 Å². The topological polar surface area (TPSA) is 91.6 Å². The molecule has 31 heavy (non-hydrogen) atoms. The summed E-state index contributed by atoms with van der Waals surface area (Å²) in [5, 5.41) is 10.9. The number of benzene rings is 1. The molecule has 1 fully saturated rings. The maximum atomic E-state index is 12.7. The van der Waals surface area contributed by atoms with E-state index in [2.05, 4.69) is 15.7 Å². The van der Waals surface area contributed by atoms with Gasteiger partial charge in [0.25, 0.3) is 0 Å². The molecule has 3 rings (SSSR count). The summed E-state index contributed by atoms with van der Waals surface area (Å²) in [6.07, 6.45) is 6.36. The van der Waals surface area contributed by atoms with E-state index in [-0.39, 0.29) is 24.0 Å². The van der Waals surface area contributed by atoms with Crippen LogP contribution in [0, 0.1) is 5.92 Å². The van der Waals surface area contributed by atoms with Crippen molar-refractivity contribution < 1.29 is 8.42 Å². The molecule has 0 atom stereocenters. The summed E-state index contributed by atoms with van der Waals surface area (Å²) in [5.74, 6) is 1.21. The number of aromatic nitrogens is 2. The summed E-state index contributed by atoms with van der Waals surface area (Å²) in [6.45, 7) is 6.34. The molecule has 10 heteroatoms. The number of hydrogen-bond donors (Lipinski definition) is 2. The van der Waals surface area contributed by atoms with Crippen LogP contribution in [-0.2, 0) is 16.6 Å². The van der Waals surface area contributed by atoms with Crippen LogP contribution in [0.25, 0.3) is 0 Å². The lowest BCUT2D eigenvalue weighted by molar-refractivity contribution is 0.278. The standard InChI is InChI=1S/C21H32N6O2S.HI/c1-2-22-21(23-12-6-14-26-15-7-13-25-26)24-18-19-10-16-27(17-11-19)30(28,29)20-8-4-3-5-9-20;/h3-5,7-9,13,15,19H,2,6,10-12,14,16-18H2,1H3,(H2,22,23,24);1H. The highest BCUT2D eigenvalue weighted by atomic mass is 127. The second kappa shape index (κ2) is 13.0. The molecule has 0 aliphatic carbocycles. The third-order valence-electron chi connectivity index (χ3n) is 5.22. The van der Waals surface area contributed by atoms with Gasteiger partial charge in [0.05, 0.1) is 4.90 Å². The van der Waals surface area contributed by atoms with Crippen molar-refractivity contribution in [3.8, 4) is 0 Å². The smallest absolute Gasteiger partial charge is 0.243 e. The highest BCUT2D eigenvalue weighted by Crippen LogP contribution is 2.23. The van der Waals surface area contributed by atoms with Crippen molar-refractivity contribution in [3.05, 3.63) is 48.8 Å². The normalized spacial score (nSPS) is 16.0. The number of nitrogens with zero attached hydrogens (tertiary/aromatic N) is 4. The zero-order valence-corrected chi connectivity index (χ0v) is 21.1. The number of nitrogens with one attached hydrogen (secondary N) is 2. The third kappa shape index (κ3) is 7.76. The van der Waals surface area contributed by atoms with E-state index in [1.807, 2.05) is 29.9 Å². The fraction of sp³-hybridized carbons (Fsp3) is 0.524. The van der Waals surface area contributed by atoms with Crippen molar-refractivity contribution in [3.63, 3.8) is 0 Å². The van der Waals surface area contributed by atoms with Crippen molar-refractivity contribution in [1.29, 1.82) is 0 Å². The van der Waals surface area contributed by atoms with E-state index in [4.69, 9.17) is 4.99 Å². The first-order valence-corrected chi connectivity index (χ1v) is 12.1. The fourth-order valence-corrected chi connectivity index (χ4v) is 5.01. The summed E-state index contributed by atoms with van der Waals surface area (Å²) in [4.78, 5) is 5.09. The molecule has 0 bridgehead atoms. The van der Waals surface area contributed by atoms with Crippen LogP contribution in [0.4, 0.5) is 0 Å². The van der Waals surface area contributed by atoms with Gasteiger partial charge in [-0.25, -0.2) is 8.42 Å². The molecule has 0 amide bonds. The molecule has 2 N–H and O–H groups in total. The quantitative estimate of drug-likeness (QED) is 0.213. The number of halogens is 1. The Morgan fingerprint density at radius 1 is 1.16 bits per heavy atom. The molecular formula is C21H33IN6O2S. The first-order valence-electron chi connectivity index (χ1n) is 10.6. The minimum Gasteiger partial charge on any atom is -0.357 e. The van der Waals surface area contributed by atoms with Crippen molar-refractivity contribution in [2.45, 2.75) is 37.6 Å². The maximum Gasteiger partial charge on any atom is 0.243 e. The van der Waals surface area contributed by atoms with E-state index in [1.54, 1.807) is 34.8 Å². The van der Waals surface area contributed by atoms with Crippen LogP contribution < -0.4 is 10.6 Å². The predicted octanol–water partition coefficient (Wildman–Crippen LogP) is 2.55. The monoisotopic (exact) mass is 560 g/mol. The molecule has 0 spiro atoms. The minimum atomic E-state index is -3.39. The molecule has 1 aliphatic heterocycles. The second-order valence-corrected chi connectivity index (χ2v) is 9.37. The Morgan fingerprint density at radius 2 is 1.90 bits per heavy atom. The van der Waals surface area contributed by atoms with Gasteiger partial charge in [-0.2, -0.15) is 9.40 Å². The van der Waals surface area contributed by atoms with Gasteiger partial charge in [-0.1, -0.05) is 18.2 Å². The average molecular weight is 561 g/mol. The fourth-order valence-electron chi connectivity index (χ4n) is 3.52. The molecule has 8 nitrogen and oxygen atoms in total. The Labute approximate surface area is 202 Å². The van der Waals surface area contributed by atoms with Gasteiger partial charge in [-0.3, -0.25) is 9.67 Å². The number of aliphatic imine (C=N–C) groups is 1. The van der Waals surface area contributed by atoms with Crippen molar-refractivity contribution in [2.24, 2.45) is 10.9 Å². The Balaban J connectivity index is 0.00000341. The van der Waals surface area contributed by atoms with Crippen molar-refractivity contribution in [2.75, 3.05) is 32.7 Å². The minimum absolute atomic E-state index is 0. The van der Waals surface area contributed by atoms with Crippen LogP contribution in [0.2, 0.25) is 0 Å². The first-order chi connectivity index (χ1) is 14.6. The highest BCUT2D eigenvalue weighted by Gasteiger charge is 2.29. The average Bonchev–Trinajstić information content (AvgIpc) is 3.29.